The monoisotopic (exact) mass is 185 g/mol. The van der Waals surface area contributed by atoms with E-state index in [1.807, 2.05) is 0 Å². The molecule has 0 aliphatic heterocycles. The molecule has 0 spiro atoms. The summed E-state index contributed by atoms with van der Waals surface area (Å²) >= 11 is 0. The molecule has 2 unspecified atom stereocenters. The van der Waals surface area contributed by atoms with Crippen LogP contribution in [0.15, 0.2) is 0 Å². The van der Waals surface area contributed by atoms with Crippen LogP contribution in [0.25, 0.3) is 0 Å². The Bertz CT molecular complexity index is 154. The number of hydrogen-bond donors (Lipinski definition) is 2. The van der Waals surface area contributed by atoms with E-state index in [2.05, 4.69) is 13.8 Å². The molecule has 2 nitrogen and oxygen atoms in total. The van der Waals surface area contributed by atoms with Gasteiger partial charge in [0.15, 0.2) is 0 Å². The molecule has 1 saturated carbocycles. The molecule has 0 saturated heterocycles. The summed E-state index contributed by atoms with van der Waals surface area (Å²) in [6.07, 6.45) is 6.17. The van der Waals surface area contributed by atoms with Crippen molar-refractivity contribution in [1.82, 2.24) is 0 Å². The van der Waals surface area contributed by atoms with E-state index in [1.165, 1.54) is 25.7 Å². The van der Waals surface area contributed by atoms with Gasteiger partial charge in [0, 0.05) is 12.6 Å². The van der Waals surface area contributed by atoms with Crippen LogP contribution in [0, 0.1) is 11.3 Å². The Morgan fingerprint density at radius 1 is 1.54 bits per heavy atom. The smallest absolute Gasteiger partial charge is 0.0436 e. The van der Waals surface area contributed by atoms with Gasteiger partial charge < -0.3 is 10.8 Å². The van der Waals surface area contributed by atoms with Gasteiger partial charge in [-0.15, -0.1) is 0 Å². The fourth-order valence-electron chi connectivity index (χ4n) is 2.13. The Labute approximate surface area is 81.5 Å². The third kappa shape index (κ3) is 2.68. The van der Waals surface area contributed by atoms with Crippen molar-refractivity contribution in [3.63, 3.8) is 0 Å². The largest absolute Gasteiger partial charge is 0.396 e. The highest BCUT2D eigenvalue weighted by Gasteiger charge is 2.33. The average molecular weight is 185 g/mol. The molecule has 3 N–H and O–H groups in total. The highest BCUT2D eigenvalue weighted by Crippen LogP contribution is 2.40. The summed E-state index contributed by atoms with van der Waals surface area (Å²) in [5.74, 6) is 0.877. The zero-order valence-corrected chi connectivity index (χ0v) is 8.92. The maximum absolute atomic E-state index is 9.00. The molecule has 78 valence electrons. The fraction of sp³-hybridized carbons (Fsp3) is 1.00. The lowest BCUT2D eigenvalue weighted by molar-refractivity contribution is 0.112. The lowest BCUT2D eigenvalue weighted by Crippen LogP contribution is -2.40. The van der Waals surface area contributed by atoms with E-state index >= 15 is 0 Å². The summed E-state index contributed by atoms with van der Waals surface area (Å²) in [4.78, 5) is 0. The minimum absolute atomic E-state index is 0.153. The van der Waals surface area contributed by atoms with Gasteiger partial charge in [0.05, 0.1) is 0 Å². The minimum atomic E-state index is 0.153. The van der Waals surface area contributed by atoms with Gasteiger partial charge in [-0.2, -0.15) is 0 Å². The molecule has 1 aliphatic carbocycles. The molecule has 0 bridgehead atoms. The molecule has 2 atom stereocenters. The molecule has 2 heteroatoms. The summed E-state index contributed by atoms with van der Waals surface area (Å²) in [6, 6.07) is 0.195. The van der Waals surface area contributed by atoms with Crippen LogP contribution in [0.4, 0.5) is 0 Å². The van der Waals surface area contributed by atoms with Crippen molar-refractivity contribution in [3.8, 4) is 0 Å². The molecule has 0 radical (unpaired) electrons. The van der Waals surface area contributed by atoms with Crippen molar-refractivity contribution in [3.05, 3.63) is 0 Å². The molecular weight excluding hydrogens is 162 g/mol. The molecule has 13 heavy (non-hydrogen) atoms. The molecule has 1 fully saturated rings. The molecule has 0 heterocycles. The van der Waals surface area contributed by atoms with E-state index < -0.39 is 0 Å². The number of nitrogens with two attached hydrogens (primary N) is 1. The third-order valence-electron chi connectivity index (χ3n) is 3.76. The van der Waals surface area contributed by atoms with Gasteiger partial charge in [0.2, 0.25) is 0 Å². The van der Waals surface area contributed by atoms with Gasteiger partial charge in [0.1, 0.15) is 0 Å². The van der Waals surface area contributed by atoms with Gasteiger partial charge >= 0.3 is 0 Å². The van der Waals surface area contributed by atoms with Crippen molar-refractivity contribution in [1.29, 1.82) is 0 Å². The summed E-state index contributed by atoms with van der Waals surface area (Å²) < 4.78 is 0. The Balaban J connectivity index is 2.44. The quantitative estimate of drug-likeness (QED) is 0.687. The van der Waals surface area contributed by atoms with Crippen LogP contribution in [-0.4, -0.2) is 17.8 Å². The SMILES string of the molecule is CC(N)C(C)(CCO)CC1CCC1. The Hall–Kier alpha value is -0.0800. The minimum Gasteiger partial charge on any atom is -0.396 e. The zero-order chi connectivity index (χ0) is 9.90. The van der Waals surface area contributed by atoms with Crippen LogP contribution in [0.1, 0.15) is 46.0 Å². The van der Waals surface area contributed by atoms with Crippen LogP contribution < -0.4 is 5.73 Å². The van der Waals surface area contributed by atoms with Gasteiger partial charge in [-0.1, -0.05) is 26.2 Å². The van der Waals surface area contributed by atoms with E-state index in [0.29, 0.717) is 0 Å². The van der Waals surface area contributed by atoms with E-state index in [9.17, 15) is 0 Å². The van der Waals surface area contributed by atoms with E-state index in [1.54, 1.807) is 0 Å². The van der Waals surface area contributed by atoms with Crippen molar-refractivity contribution in [2.45, 2.75) is 52.0 Å². The van der Waals surface area contributed by atoms with Crippen LogP contribution in [-0.2, 0) is 0 Å². The van der Waals surface area contributed by atoms with Gasteiger partial charge in [0.25, 0.3) is 0 Å². The Morgan fingerprint density at radius 2 is 2.15 bits per heavy atom. The fourth-order valence-corrected chi connectivity index (χ4v) is 2.13. The van der Waals surface area contributed by atoms with Gasteiger partial charge in [-0.25, -0.2) is 0 Å². The third-order valence-corrected chi connectivity index (χ3v) is 3.76. The van der Waals surface area contributed by atoms with Gasteiger partial charge in [-0.05, 0) is 31.1 Å². The van der Waals surface area contributed by atoms with E-state index in [4.69, 9.17) is 10.8 Å². The lowest BCUT2D eigenvalue weighted by Gasteiger charge is -2.39. The Morgan fingerprint density at radius 3 is 2.46 bits per heavy atom. The molecular formula is C11H23NO. The first kappa shape index (κ1) is 11.0. The highest BCUT2D eigenvalue weighted by atomic mass is 16.3. The first-order chi connectivity index (χ1) is 6.08. The zero-order valence-electron chi connectivity index (χ0n) is 8.92. The maximum Gasteiger partial charge on any atom is 0.0436 e. The summed E-state index contributed by atoms with van der Waals surface area (Å²) in [5.41, 5.74) is 6.13. The highest BCUT2D eigenvalue weighted by molar-refractivity contribution is 4.87. The lowest BCUT2D eigenvalue weighted by atomic mass is 9.68. The number of aliphatic hydroxyl groups excluding tert-OH is 1. The van der Waals surface area contributed by atoms with Crippen LogP contribution in [0.2, 0.25) is 0 Å². The Kier molecular flexibility index (Phi) is 3.74. The van der Waals surface area contributed by atoms with Crippen molar-refractivity contribution < 1.29 is 5.11 Å². The normalized spacial score (nSPS) is 24.9. The molecule has 1 rings (SSSR count). The second-order valence-electron chi connectivity index (χ2n) is 4.92. The standard InChI is InChI=1S/C11H23NO/c1-9(12)11(2,6-7-13)8-10-4-3-5-10/h9-10,13H,3-8,12H2,1-2H3. The number of rotatable bonds is 5. The predicted molar refractivity (Wildman–Crippen MR) is 55.4 cm³/mol. The molecule has 1 aliphatic rings. The topological polar surface area (TPSA) is 46.2 Å². The number of aliphatic hydroxyl groups is 1. The maximum atomic E-state index is 9.00. The van der Waals surface area contributed by atoms with E-state index in [-0.39, 0.29) is 18.1 Å². The second kappa shape index (κ2) is 4.43. The molecule has 0 aromatic carbocycles. The first-order valence-electron chi connectivity index (χ1n) is 5.45. The first-order valence-corrected chi connectivity index (χ1v) is 5.45. The second-order valence-corrected chi connectivity index (χ2v) is 4.92. The molecule has 0 amide bonds. The van der Waals surface area contributed by atoms with Crippen molar-refractivity contribution in [2.24, 2.45) is 17.1 Å². The van der Waals surface area contributed by atoms with Crippen LogP contribution in [0.3, 0.4) is 0 Å². The number of hydrogen-bond acceptors (Lipinski definition) is 2. The summed E-state index contributed by atoms with van der Waals surface area (Å²) in [6.45, 7) is 4.55. The average Bonchev–Trinajstić information content (AvgIpc) is 1.97. The molecule has 0 aromatic heterocycles. The summed E-state index contributed by atoms with van der Waals surface area (Å²) in [7, 11) is 0. The summed E-state index contributed by atoms with van der Waals surface area (Å²) in [5, 5.41) is 9.00. The van der Waals surface area contributed by atoms with Gasteiger partial charge in [-0.3, -0.25) is 0 Å². The van der Waals surface area contributed by atoms with Crippen molar-refractivity contribution in [2.75, 3.05) is 6.61 Å². The van der Waals surface area contributed by atoms with Crippen molar-refractivity contribution >= 4 is 0 Å². The predicted octanol–water partition coefficient (Wildman–Crippen LogP) is 1.91. The van der Waals surface area contributed by atoms with Crippen LogP contribution >= 0.6 is 0 Å². The van der Waals surface area contributed by atoms with E-state index in [0.717, 1.165) is 12.3 Å². The molecule has 0 aromatic rings. The van der Waals surface area contributed by atoms with Crippen LogP contribution in [0.5, 0.6) is 0 Å².